The maximum absolute atomic E-state index is 6.27. The largest absolute Gasteiger partial charge is 0.458 e. The molecular formula is C44H42N2O4. The van der Waals surface area contributed by atoms with Crippen molar-refractivity contribution in [3.05, 3.63) is 192 Å². The van der Waals surface area contributed by atoms with Crippen molar-refractivity contribution in [2.24, 2.45) is 0 Å². The molecule has 0 amide bonds. The smallest absolute Gasteiger partial charge is 0.263 e. The molecule has 0 spiro atoms. The van der Waals surface area contributed by atoms with E-state index < -0.39 is 12.6 Å². The van der Waals surface area contributed by atoms with Crippen LogP contribution in [0.2, 0.25) is 0 Å². The van der Waals surface area contributed by atoms with Crippen LogP contribution in [-0.4, -0.2) is 25.8 Å². The summed E-state index contributed by atoms with van der Waals surface area (Å²) in [7, 11) is 0. The number of ether oxygens (including phenoxy) is 4. The van der Waals surface area contributed by atoms with Crippen molar-refractivity contribution < 1.29 is 18.9 Å². The Morgan fingerprint density at radius 2 is 0.680 bits per heavy atom. The lowest BCUT2D eigenvalue weighted by Gasteiger charge is -2.32. The third-order valence-corrected chi connectivity index (χ3v) is 8.64. The van der Waals surface area contributed by atoms with Gasteiger partial charge in [-0.1, -0.05) is 121 Å². The predicted octanol–water partition coefficient (Wildman–Crippen LogP) is 9.26. The number of rotatable bonds is 14. The Kier molecular flexibility index (Phi) is 11.0. The van der Waals surface area contributed by atoms with E-state index in [0.29, 0.717) is 24.7 Å². The molecule has 0 N–H and O–H groups in total. The van der Waals surface area contributed by atoms with Crippen LogP contribution in [0.1, 0.15) is 22.3 Å². The lowest BCUT2D eigenvalue weighted by molar-refractivity contribution is -0.271. The molecule has 2 atom stereocenters. The number of hydrogen-bond acceptors (Lipinski definition) is 6. The van der Waals surface area contributed by atoms with Gasteiger partial charge in [0.2, 0.25) is 0 Å². The standard InChI is InChI=1S/C44H42N2O4/c1-5-13-35(14-6-1)31-45(39-17-9-3-10-18-39)33-37-21-25-41(26-22-37)49-43-44(48-30-29-47-43)50-42-27-23-38(24-28-42)34-46(40-19-11-4-12-20-40)32-36-15-7-2-8-16-36/h1-28,43-44H,29-34H2/t43-,44-/m0/s1. The number of benzene rings is 6. The highest BCUT2D eigenvalue weighted by Crippen LogP contribution is 2.26. The second-order valence-electron chi connectivity index (χ2n) is 12.4. The van der Waals surface area contributed by atoms with Crippen molar-refractivity contribution in [2.75, 3.05) is 23.0 Å². The molecule has 252 valence electrons. The molecule has 1 fully saturated rings. The van der Waals surface area contributed by atoms with Crippen molar-refractivity contribution in [2.45, 2.75) is 38.8 Å². The first-order chi connectivity index (χ1) is 24.7. The summed E-state index contributed by atoms with van der Waals surface area (Å²) in [5.74, 6) is 1.39. The average molecular weight is 663 g/mol. The Labute approximate surface area is 295 Å². The lowest BCUT2D eigenvalue weighted by Crippen LogP contribution is -2.45. The lowest BCUT2D eigenvalue weighted by atomic mass is 10.1. The van der Waals surface area contributed by atoms with Gasteiger partial charge in [-0.2, -0.15) is 0 Å². The zero-order valence-corrected chi connectivity index (χ0v) is 28.1. The van der Waals surface area contributed by atoms with Gasteiger partial charge in [0.05, 0.1) is 13.2 Å². The Morgan fingerprint density at radius 3 is 1.02 bits per heavy atom. The number of nitrogens with zero attached hydrogens (tertiary/aromatic N) is 2. The van der Waals surface area contributed by atoms with E-state index in [1.54, 1.807) is 0 Å². The summed E-state index contributed by atoms with van der Waals surface area (Å²) in [6, 6.07) is 58.5. The van der Waals surface area contributed by atoms with Crippen molar-refractivity contribution in [1.82, 2.24) is 0 Å². The van der Waals surface area contributed by atoms with Crippen molar-refractivity contribution in [3.8, 4) is 11.5 Å². The van der Waals surface area contributed by atoms with Crippen LogP contribution in [0.5, 0.6) is 11.5 Å². The fourth-order valence-electron chi connectivity index (χ4n) is 6.08. The maximum atomic E-state index is 6.27. The van der Waals surface area contributed by atoms with Crippen molar-refractivity contribution in [3.63, 3.8) is 0 Å². The number of hydrogen-bond donors (Lipinski definition) is 0. The van der Waals surface area contributed by atoms with Crippen LogP contribution in [0.4, 0.5) is 11.4 Å². The van der Waals surface area contributed by atoms with Gasteiger partial charge in [-0.25, -0.2) is 0 Å². The van der Waals surface area contributed by atoms with Gasteiger partial charge in [-0.15, -0.1) is 0 Å². The molecule has 50 heavy (non-hydrogen) atoms. The normalized spacial score (nSPS) is 15.6. The maximum Gasteiger partial charge on any atom is 0.263 e. The summed E-state index contributed by atoms with van der Waals surface area (Å²) >= 11 is 0. The van der Waals surface area contributed by atoms with Gasteiger partial charge in [0.25, 0.3) is 12.6 Å². The first-order valence-corrected chi connectivity index (χ1v) is 17.2. The first-order valence-electron chi connectivity index (χ1n) is 17.2. The minimum absolute atomic E-state index is 0.434. The predicted molar refractivity (Wildman–Crippen MR) is 199 cm³/mol. The summed E-state index contributed by atoms with van der Waals surface area (Å²) in [5.41, 5.74) is 7.25. The molecule has 0 bridgehead atoms. The monoisotopic (exact) mass is 662 g/mol. The molecule has 0 radical (unpaired) electrons. The third kappa shape index (κ3) is 9.11. The molecule has 6 nitrogen and oxygen atoms in total. The first kappa shape index (κ1) is 33.0. The Hall–Kier alpha value is -5.56. The average Bonchev–Trinajstić information content (AvgIpc) is 3.18. The molecule has 6 aromatic carbocycles. The molecule has 7 rings (SSSR count). The van der Waals surface area contributed by atoms with Gasteiger partial charge in [0.15, 0.2) is 0 Å². The van der Waals surface area contributed by atoms with E-state index in [0.717, 1.165) is 26.2 Å². The fraction of sp³-hybridized carbons (Fsp3) is 0.182. The molecule has 6 heteroatoms. The van der Waals surface area contributed by atoms with E-state index in [1.165, 1.54) is 33.6 Å². The van der Waals surface area contributed by atoms with Crippen LogP contribution in [-0.2, 0) is 35.7 Å². The molecule has 6 aromatic rings. The summed E-state index contributed by atoms with van der Waals surface area (Å²) in [5, 5.41) is 0. The van der Waals surface area contributed by atoms with E-state index in [2.05, 4.69) is 143 Å². The zero-order valence-electron chi connectivity index (χ0n) is 28.1. The molecule has 1 heterocycles. The second kappa shape index (κ2) is 16.7. The fourth-order valence-corrected chi connectivity index (χ4v) is 6.08. The molecule has 0 aliphatic carbocycles. The van der Waals surface area contributed by atoms with Crippen LogP contribution in [0, 0.1) is 0 Å². The second-order valence-corrected chi connectivity index (χ2v) is 12.4. The summed E-state index contributed by atoms with van der Waals surface area (Å²) in [6.07, 6.45) is -1.40. The minimum Gasteiger partial charge on any atom is -0.458 e. The quantitative estimate of drug-likeness (QED) is 0.116. The molecular weight excluding hydrogens is 620 g/mol. The Balaban J connectivity index is 0.975. The molecule has 1 saturated heterocycles. The van der Waals surface area contributed by atoms with E-state index >= 15 is 0 Å². The summed E-state index contributed by atoms with van der Waals surface area (Å²) in [4.78, 5) is 4.75. The van der Waals surface area contributed by atoms with Gasteiger partial charge in [0.1, 0.15) is 11.5 Å². The van der Waals surface area contributed by atoms with E-state index in [-0.39, 0.29) is 0 Å². The van der Waals surface area contributed by atoms with Gasteiger partial charge in [-0.3, -0.25) is 0 Å². The molecule has 1 aliphatic rings. The molecule has 0 aromatic heterocycles. The Bertz CT molecular complexity index is 1720. The minimum atomic E-state index is -0.701. The summed E-state index contributed by atoms with van der Waals surface area (Å²) < 4.78 is 24.5. The SMILES string of the molecule is c1ccc(CN(Cc2ccc(O[C@@H]3OCCO[C@H]3Oc3ccc(CN(Cc4ccccc4)c4ccccc4)cc3)cc2)c2ccccc2)cc1. The highest BCUT2D eigenvalue weighted by Gasteiger charge is 2.31. The Morgan fingerprint density at radius 1 is 0.380 bits per heavy atom. The van der Waals surface area contributed by atoms with Crippen LogP contribution < -0.4 is 19.3 Å². The highest BCUT2D eigenvalue weighted by atomic mass is 16.8. The van der Waals surface area contributed by atoms with Crippen LogP contribution in [0.15, 0.2) is 170 Å². The topological polar surface area (TPSA) is 43.4 Å². The number of para-hydroxylation sites is 2. The zero-order chi connectivity index (χ0) is 33.8. The van der Waals surface area contributed by atoms with Gasteiger partial charge >= 0.3 is 0 Å². The van der Waals surface area contributed by atoms with Gasteiger partial charge < -0.3 is 28.7 Å². The third-order valence-electron chi connectivity index (χ3n) is 8.64. The van der Waals surface area contributed by atoms with Gasteiger partial charge in [0, 0.05) is 37.6 Å². The molecule has 0 unspecified atom stereocenters. The van der Waals surface area contributed by atoms with Crippen LogP contribution >= 0.6 is 0 Å². The highest BCUT2D eigenvalue weighted by molar-refractivity contribution is 5.49. The van der Waals surface area contributed by atoms with E-state index in [1.807, 2.05) is 36.4 Å². The van der Waals surface area contributed by atoms with Crippen molar-refractivity contribution >= 4 is 11.4 Å². The van der Waals surface area contributed by atoms with Crippen LogP contribution in [0.3, 0.4) is 0 Å². The van der Waals surface area contributed by atoms with Gasteiger partial charge in [-0.05, 0) is 70.8 Å². The van der Waals surface area contributed by atoms with Crippen molar-refractivity contribution in [1.29, 1.82) is 0 Å². The van der Waals surface area contributed by atoms with Crippen LogP contribution in [0.25, 0.3) is 0 Å². The van der Waals surface area contributed by atoms with E-state index in [4.69, 9.17) is 18.9 Å². The molecule has 1 aliphatic heterocycles. The number of anilines is 2. The molecule has 0 saturated carbocycles. The summed E-state index contributed by atoms with van der Waals surface area (Å²) in [6.45, 7) is 4.02. The van der Waals surface area contributed by atoms with E-state index in [9.17, 15) is 0 Å².